The van der Waals surface area contributed by atoms with Crippen molar-refractivity contribution in [2.45, 2.75) is 25.2 Å². The van der Waals surface area contributed by atoms with E-state index < -0.39 is 11.4 Å². The molecule has 0 spiro atoms. The molecular formula is C25H22ClNO4. The molecule has 0 atom stereocenters. The van der Waals surface area contributed by atoms with Crippen molar-refractivity contribution in [1.82, 2.24) is 0 Å². The summed E-state index contributed by atoms with van der Waals surface area (Å²) < 4.78 is 5.21. The smallest absolute Gasteiger partial charge is 0.337 e. The van der Waals surface area contributed by atoms with E-state index >= 15 is 0 Å². The van der Waals surface area contributed by atoms with Crippen LogP contribution in [0.5, 0.6) is 5.75 Å². The van der Waals surface area contributed by atoms with Crippen molar-refractivity contribution in [2.75, 3.05) is 12.4 Å². The number of rotatable bonds is 6. The fourth-order valence-electron chi connectivity index (χ4n) is 3.80. The van der Waals surface area contributed by atoms with Crippen LogP contribution in [-0.4, -0.2) is 24.1 Å². The molecule has 3 aromatic rings. The van der Waals surface area contributed by atoms with Gasteiger partial charge in [-0.25, -0.2) is 4.79 Å². The highest BCUT2D eigenvalue weighted by molar-refractivity contribution is 6.33. The molecule has 158 valence electrons. The standard InChI is InChI=1S/C25H22ClNO4/c1-15-3-7-18(14-20(15)16-4-10-22(26)21(13-16)23(28)29)27-24(30)25(11-12-25)17-5-8-19(31-2)9-6-17/h3-10,13-14H,11-12H2,1-2H3,(H,27,30)(H,28,29). The molecule has 0 unspecified atom stereocenters. The summed E-state index contributed by atoms with van der Waals surface area (Å²) in [4.78, 5) is 24.6. The van der Waals surface area contributed by atoms with Gasteiger partial charge in [-0.3, -0.25) is 4.79 Å². The number of carbonyl (C=O) groups excluding carboxylic acids is 1. The number of carbonyl (C=O) groups is 2. The van der Waals surface area contributed by atoms with Crippen molar-refractivity contribution in [2.24, 2.45) is 0 Å². The zero-order valence-corrected chi connectivity index (χ0v) is 18.0. The number of carboxylic acids is 1. The van der Waals surface area contributed by atoms with Gasteiger partial charge in [-0.2, -0.15) is 0 Å². The van der Waals surface area contributed by atoms with Crippen molar-refractivity contribution >= 4 is 29.2 Å². The molecule has 1 amide bonds. The van der Waals surface area contributed by atoms with E-state index in [1.54, 1.807) is 25.3 Å². The van der Waals surface area contributed by atoms with Crippen LogP contribution in [0.15, 0.2) is 60.7 Å². The van der Waals surface area contributed by atoms with Gasteiger partial charge < -0.3 is 15.2 Å². The van der Waals surface area contributed by atoms with E-state index in [1.807, 2.05) is 49.4 Å². The van der Waals surface area contributed by atoms with Crippen LogP contribution in [0.2, 0.25) is 5.02 Å². The van der Waals surface area contributed by atoms with Gasteiger partial charge in [0.1, 0.15) is 5.75 Å². The van der Waals surface area contributed by atoms with Crippen molar-refractivity contribution in [3.05, 3.63) is 82.4 Å². The molecule has 1 aliphatic rings. The first-order valence-electron chi connectivity index (χ1n) is 9.94. The van der Waals surface area contributed by atoms with Gasteiger partial charge in [0.25, 0.3) is 0 Å². The Morgan fingerprint density at radius 2 is 1.74 bits per heavy atom. The van der Waals surface area contributed by atoms with E-state index in [9.17, 15) is 14.7 Å². The fourth-order valence-corrected chi connectivity index (χ4v) is 4.00. The van der Waals surface area contributed by atoms with Crippen LogP contribution in [0.1, 0.15) is 34.3 Å². The molecule has 0 radical (unpaired) electrons. The number of nitrogens with one attached hydrogen (secondary N) is 1. The summed E-state index contributed by atoms with van der Waals surface area (Å²) in [5.74, 6) is -0.370. The molecule has 0 saturated heterocycles. The Morgan fingerprint density at radius 3 is 2.35 bits per heavy atom. The van der Waals surface area contributed by atoms with Crippen molar-refractivity contribution in [1.29, 1.82) is 0 Å². The average Bonchev–Trinajstić information content (AvgIpc) is 3.57. The van der Waals surface area contributed by atoms with Gasteiger partial charge >= 0.3 is 5.97 Å². The lowest BCUT2D eigenvalue weighted by Crippen LogP contribution is -2.27. The number of hydrogen-bond donors (Lipinski definition) is 2. The van der Waals surface area contributed by atoms with Crippen LogP contribution in [0.25, 0.3) is 11.1 Å². The number of ether oxygens (including phenoxy) is 1. The van der Waals surface area contributed by atoms with Gasteiger partial charge in [0.05, 0.1) is 23.1 Å². The lowest BCUT2D eigenvalue weighted by molar-refractivity contribution is -0.118. The zero-order valence-electron chi connectivity index (χ0n) is 17.2. The maximum atomic E-state index is 13.1. The Morgan fingerprint density at radius 1 is 1.03 bits per heavy atom. The van der Waals surface area contributed by atoms with Crippen LogP contribution in [0, 0.1) is 6.92 Å². The van der Waals surface area contributed by atoms with Crippen LogP contribution in [0.3, 0.4) is 0 Å². The van der Waals surface area contributed by atoms with Crippen molar-refractivity contribution in [3.8, 4) is 16.9 Å². The molecule has 0 aromatic heterocycles. The number of halogens is 1. The number of carboxylic acid groups (broad SMARTS) is 1. The maximum Gasteiger partial charge on any atom is 0.337 e. The van der Waals surface area contributed by atoms with E-state index in [0.717, 1.165) is 40.8 Å². The molecular weight excluding hydrogens is 414 g/mol. The number of aryl methyl sites for hydroxylation is 1. The predicted molar refractivity (Wildman–Crippen MR) is 121 cm³/mol. The Hall–Kier alpha value is -3.31. The molecule has 1 aliphatic carbocycles. The minimum absolute atomic E-state index is 0.0458. The first-order valence-corrected chi connectivity index (χ1v) is 10.3. The maximum absolute atomic E-state index is 13.1. The van der Waals surface area contributed by atoms with E-state index in [4.69, 9.17) is 16.3 Å². The largest absolute Gasteiger partial charge is 0.497 e. The lowest BCUT2D eigenvalue weighted by atomic mass is 9.94. The molecule has 2 N–H and O–H groups in total. The van der Waals surface area contributed by atoms with Crippen LogP contribution >= 0.6 is 11.6 Å². The molecule has 0 heterocycles. The van der Waals surface area contributed by atoms with Gasteiger partial charge in [-0.05, 0) is 78.4 Å². The normalized spacial score (nSPS) is 14.0. The number of benzene rings is 3. The van der Waals surface area contributed by atoms with Gasteiger partial charge in [0, 0.05) is 5.69 Å². The number of aromatic carboxylic acids is 1. The van der Waals surface area contributed by atoms with E-state index in [-0.39, 0.29) is 16.5 Å². The highest BCUT2D eigenvalue weighted by Crippen LogP contribution is 2.49. The fraction of sp³-hybridized carbons (Fsp3) is 0.200. The molecule has 0 aliphatic heterocycles. The van der Waals surface area contributed by atoms with Crippen LogP contribution < -0.4 is 10.1 Å². The summed E-state index contributed by atoms with van der Waals surface area (Å²) in [7, 11) is 1.61. The summed E-state index contributed by atoms with van der Waals surface area (Å²) in [6.07, 6.45) is 1.59. The van der Waals surface area contributed by atoms with Crippen molar-refractivity contribution < 1.29 is 19.4 Å². The first kappa shape index (κ1) is 20.9. The first-order chi connectivity index (χ1) is 14.8. The zero-order chi connectivity index (χ0) is 22.2. The Kier molecular flexibility index (Phi) is 5.46. The minimum Gasteiger partial charge on any atom is -0.497 e. The second-order valence-electron chi connectivity index (χ2n) is 7.79. The molecule has 1 saturated carbocycles. The SMILES string of the molecule is COc1ccc(C2(C(=O)Nc3ccc(C)c(-c4ccc(Cl)c(C(=O)O)c4)c3)CC2)cc1. The van der Waals surface area contributed by atoms with Crippen molar-refractivity contribution in [3.63, 3.8) is 0 Å². The van der Waals surface area contributed by atoms with Gasteiger partial charge in [-0.15, -0.1) is 0 Å². The quantitative estimate of drug-likeness (QED) is 0.521. The molecule has 3 aromatic carbocycles. The summed E-state index contributed by atoms with van der Waals surface area (Å²) in [5.41, 5.74) is 3.70. The van der Waals surface area contributed by atoms with E-state index in [0.29, 0.717) is 5.69 Å². The summed E-state index contributed by atoms with van der Waals surface area (Å²) >= 11 is 6.01. The summed E-state index contributed by atoms with van der Waals surface area (Å²) in [5, 5.41) is 12.6. The summed E-state index contributed by atoms with van der Waals surface area (Å²) in [6, 6.07) is 18.2. The second-order valence-corrected chi connectivity index (χ2v) is 8.20. The Labute approximate surface area is 185 Å². The number of methoxy groups -OCH3 is 1. The third-order valence-electron chi connectivity index (χ3n) is 5.83. The Balaban J connectivity index is 1.61. The Bertz CT molecular complexity index is 1170. The molecule has 1 fully saturated rings. The third kappa shape index (κ3) is 4.01. The third-order valence-corrected chi connectivity index (χ3v) is 6.16. The molecule has 31 heavy (non-hydrogen) atoms. The number of amides is 1. The number of hydrogen-bond acceptors (Lipinski definition) is 3. The predicted octanol–water partition coefficient (Wildman–Crippen LogP) is 5.69. The molecule has 5 nitrogen and oxygen atoms in total. The minimum atomic E-state index is -1.08. The highest BCUT2D eigenvalue weighted by Gasteiger charge is 2.51. The summed E-state index contributed by atoms with van der Waals surface area (Å²) in [6.45, 7) is 1.94. The van der Waals surface area contributed by atoms with Gasteiger partial charge in [0.15, 0.2) is 0 Å². The molecule has 0 bridgehead atoms. The monoisotopic (exact) mass is 435 g/mol. The molecule has 4 rings (SSSR count). The van der Waals surface area contributed by atoms with E-state index in [1.165, 1.54) is 0 Å². The van der Waals surface area contributed by atoms with Crippen LogP contribution in [-0.2, 0) is 10.2 Å². The van der Waals surface area contributed by atoms with Crippen LogP contribution in [0.4, 0.5) is 5.69 Å². The lowest BCUT2D eigenvalue weighted by Gasteiger charge is -2.17. The average molecular weight is 436 g/mol. The highest BCUT2D eigenvalue weighted by atomic mass is 35.5. The van der Waals surface area contributed by atoms with Gasteiger partial charge in [0.2, 0.25) is 5.91 Å². The number of anilines is 1. The topological polar surface area (TPSA) is 75.6 Å². The van der Waals surface area contributed by atoms with Gasteiger partial charge in [-0.1, -0.05) is 35.9 Å². The molecule has 6 heteroatoms. The second kappa shape index (κ2) is 8.08. The van der Waals surface area contributed by atoms with E-state index in [2.05, 4.69) is 5.32 Å².